The van der Waals surface area contributed by atoms with Crippen LogP contribution in [0.4, 0.5) is 0 Å². The fourth-order valence-corrected chi connectivity index (χ4v) is 1.62. The van der Waals surface area contributed by atoms with Crippen LogP contribution in [-0.4, -0.2) is 18.0 Å². The molecule has 0 fully saturated rings. The average molecular weight is 228 g/mol. The van der Waals surface area contributed by atoms with Gasteiger partial charge in [-0.05, 0) is 25.7 Å². The van der Waals surface area contributed by atoms with Crippen molar-refractivity contribution in [3.63, 3.8) is 0 Å². The van der Waals surface area contributed by atoms with Crippen molar-refractivity contribution < 1.29 is 4.79 Å². The lowest BCUT2D eigenvalue weighted by Crippen LogP contribution is -2.36. The highest BCUT2D eigenvalue weighted by Crippen LogP contribution is 2.08. The summed E-state index contributed by atoms with van der Waals surface area (Å²) in [5.41, 5.74) is 5.73. The predicted molar refractivity (Wildman–Crippen MR) is 69.2 cm³/mol. The maximum atomic E-state index is 11.5. The molecular weight excluding hydrogens is 200 g/mol. The summed E-state index contributed by atoms with van der Waals surface area (Å²) in [4.78, 5) is 11.5. The molecule has 3 nitrogen and oxygen atoms in total. The molecule has 0 aliphatic heterocycles. The number of nitrogens with two attached hydrogens (primary N) is 1. The van der Waals surface area contributed by atoms with Gasteiger partial charge in [0.15, 0.2) is 0 Å². The van der Waals surface area contributed by atoms with Crippen LogP contribution in [-0.2, 0) is 4.79 Å². The molecule has 16 heavy (non-hydrogen) atoms. The molecule has 0 radical (unpaired) electrons. The summed E-state index contributed by atoms with van der Waals surface area (Å²) in [6, 6.07) is 0.276. The third-order valence-corrected chi connectivity index (χ3v) is 2.80. The van der Waals surface area contributed by atoms with E-state index in [0.717, 1.165) is 18.8 Å². The van der Waals surface area contributed by atoms with Gasteiger partial charge in [0, 0.05) is 18.5 Å². The zero-order chi connectivity index (χ0) is 12.6. The topological polar surface area (TPSA) is 55.1 Å². The predicted octanol–water partition coefficient (Wildman–Crippen LogP) is 2.44. The van der Waals surface area contributed by atoms with Gasteiger partial charge in [-0.3, -0.25) is 4.79 Å². The molecule has 0 aliphatic rings. The Bertz CT molecular complexity index is 192. The molecule has 3 N–H and O–H groups in total. The van der Waals surface area contributed by atoms with Gasteiger partial charge in [0.1, 0.15) is 0 Å². The Morgan fingerprint density at radius 2 is 1.88 bits per heavy atom. The van der Waals surface area contributed by atoms with Crippen molar-refractivity contribution in [2.24, 2.45) is 11.7 Å². The van der Waals surface area contributed by atoms with E-state index in [1.165, 1.54) is 12.8 Å². The smallest absolute Gasteiger partial charge is 0.221 e. The minimum absolute atomic E-state index is 0.00265. The van der Waals surface area contributed by atoms with Crippen LogP contribution >= 0.6 is 0 Å². The molecule has 0 aliphatic carbocycles. The highest BCUT2D eigenvalue weighted by atomic mass is 16.1. The van der Waals surface area contributed by atoms with Crippen LogP contribution in [0.3, 0.4) is 0 Å². The molecule has 0 rings (SSSR count). The van der Waals surface area contributed by atoms with Gasteiger partial charge in [0.2, 0.25) is 5.91 Å². The second-order valence-corrected chi connectivity index (χ2v) is 5.17. The summed E-state index contributed by atoms with van der Waals surface area (Å²) in [6.07, 6.45) is 4.78. The van der Waals surface area contributed by atoms with Crippen molar-refractivity contribution in [1.82, 2.24) is 5.32 Å². The summed E-state index contributed by atoms with van der Waals surface area (Å²) in [5, 5.41) is 3.00. The largest absolute Gasteiger partial charge is 0.354 e. The lowest BCUT2D eigenvalue weighted by Gasteiger charge is -2.16. The fourth-order valence-electron chi connectivity index (χ4n) is 1.62. The van der Waals surface area contributed by atoms with Crippen LogP contribution in [0.2, 0.25) is 0 Å². The van der Waals surface area contributed by atoms with Crippen molar-refractivity contribution in [2.45, 2.75) is 71.9 Å². The molecule has 1 amide bonds. The van der Waals surface area contributed by atoms with Crippen LogP contribution in [0, 0.1) is 5.92 Å². The molecule has 96 valence electrons. The highest BCUT2D eigenvalue weighted by Gasteiger charge is 2.10. The zero-order valence-corrected chi connectivity index (χ0v) is 11.3. The zero-order valence-electron chi connectivity index (χ0n) is 11.3. The number of hydrogen-bond donors (Lipinski definition) is 2. The Kier molecular flexibility index (Phi) is 8.26. The molecular formula is C13H28N2O. The molecule has 3 heteroatoms. The van der Waals surface area contributed by atoms with Crippen LogP contribution in [0.25, 0.3) is 0 Å². The minimum Gasteiger partial charge on any atom is -0.354 e. The molecule has 0 aromatic rings. The molecule has 0 aromatic heterocycles. The molecule has 0 bridgehead atoms. The van der Waals surface area contributed by atoms with E-state index in [-0.39, 0.29) is 18.0 Å². The van der Waals surface area contributed by atoms with Crippen molar-refractivity contribution in [1.29, 1.82) is 0 Å². The second-order valence-electron chi connectivity index (χ2n) is 5.17. The van der Waals surface area contributed by atoms with E-state index in [1.54, 1.807) is 0 Å². The molecule has 0 spiro atoms. The fraction of sp³-hybridized carbons (Fsp3) is 0.923. The van der Waals surface area contributed by atoms with E-state index in [9.17, 15) is 4.79 Å². The van der Waals surface area contributed by atoms with E-state index in [4.69, 9.17) is 5.73 Å². The quantitative estimate of drug-likeness (QED) is 0.670. The third kappa shape index (κ3) is 8.72. The number of amides is 1. The van der Waals surface area contributed by atoms with Gasteiger partial charge < -0.3 is 11.1 Å². The molecule has 0 heterocycles. The molecule has 2 unspecified atom stereocenters. The summed E-state index contributed by atoms with van der Waals surface area (Å²) in [5.74, 6) is 0.836. The third-order valence-electron chi connectivity index (χ3n) is 2.80. The first-order chi connectivity index (χ1) is 7.45. The van der Waals surface area contributed by atoms with E-state index in [1.807, 2.05) is 6.92 Å². The molecule has 0 saturated carbocycles. The maximum Gasteiger partial charge on any atom is 0.221 e. The minimum atomic E-state index is 0.00265. The first-order valence-corrected chi connectivity index (χ1v) is 6.50. The Labute approximate surface area is 100 Å². The van der Waals surface area contributed by atoms with Gasteiger partial charge >= 0.3 is 0 Å². The van der Waals surface area contributed by atoms with Crippen LogP contribution in [0.15, 0.2) is 0 Å². The lowest BCUT2D eigenvalue weighted by atomic mass is 10.0. The first kappa shape index (κ1) is 15.4. The number of carbonyl (C=O) groups is 1. The van der Waals surface area contributed by atoms with Gasteiger partial charge in [-0.25, -0.2) is 0 Å². The van der Waals surface area contributed by atoms with Crippen molar-refractivity contribution in [3.8, 4) is 0 Å². The Hall–Kier alpha value is -0.570. The summed E-state index contributed by atoms with van der Waals surface area (Å²) < 4.78 is 0. The van der Waals surface area contributed by atoms with E-state index in [0.29, 0.717) is 6.42 Å². The van der Waals surface area contributed by atoms with Crippen LogP contribution in [0.5, 0.6) is 0 Å². The standard InChI is InChI=1S/C13H28N2O/c1-5-12(14)9-13(16)15-11(4)8-6-7-10(2)3/h10-12H,5-9,14H2,1-4H3,(H,15,16). The van der Waals surface area contributed by atoms with Crippen LogP contribution < -0.4 is 11.1 Å². The highest BCUT2D eigenvalue weighted by molar-refractivity contribution is 5.76. The molecule has 2 atom stereocenters. The summed E-state index contributed by atoms with van der Waals surface area (Å²) >= 11 is 0. The summed E-state index contributed by atoms with van der Waals surface area (Å²) in [7, 11) is 0. The Balaban J connectivity index is 3.62. The van der Waals surface area contributed by atoms with Gasteiger partial charge in [0.05, 0.1) is 0 Å². The lowest BCUT2D eigenvalue weighted by molar-refractivity contribution is -0.122. The van der Waals surface area contributed by atoms with Gasteiger partial charge in [-0.15, -0.1) is 0 Å². The number of nitrogens with one attached hydrogen (secondary N) is 1. The van der Waals surface area contributed by atoms with Gasteiger partial charge in [-0.1, -0.05) is 33.6 Å². The second kappa shape index (κ2) is 8.57. The monoisotopic (exact) mass is 228 g/mol. The van der Waals surface area contributed by atoms with E-state index >= 15 is 0 Å². The first-order valence-electron chi connectivity index (χ1n) is 6.50. The van der Waals surface area contributed by atoms with Crippen LogP contribution in [0.1, 0.15) is 59.8 Å². The Morgan fingerprint density at radius 1 is 1.25 bits per heavy atom. The number of carbonyl (C=O) groups excluding carboxylic acids is 1. The summed E-state index contributed by atoms with van der Waals surface area (Å²) in [6.45, 7) is 8.52. The number of hydrogen-bond acceptors (Lipinski definition) is 2. The molecule has 0 aromatic carbocycles. The normalized spacial score (nSPS) is 14.9. The van der Waals surface area contributed by atoms with Crippen molar-refractivity contribution in [3.05, 3.63) is 0 Å². The number of rotatable bonds is 8. The SMILES string of the molecule is CCC(N)CC(=O)NC(C)CCCC(C)C. The van der Waals surface area contributed by atoms with Crippen molar-refractivity contribution in [2.75, 3.05) is 0 Å². The van der Waals surface area contributed by atoms with Crippen molar-refractivity contribution >= 4 is 5.91 Å². The van der Waals surface area contributed by atoms with Gasteiger partial charge in [-0.2, -0.15) is 0 Å². The van der Waals surface area contributed by atoms with E-state index < -0.39 is 0 Å². The average Bonchev–Trinajstić information content (AvgIpc) is 2.16. The van der Waals surface area contributed by atoms with E-state index in [2.05, 4.69) is 26.1 Å². The molecule has 0 saturated heterocycles. The Morgan fingerprint density at radius 3 is 2.38 bits per heavy atom. The van der Waals surface area contributed by atoms with Gasteiger partial charge in [0.25, 0.3) is 0 Å². The maximum absolute atomic E-state index is 11.5.